The molecular formula is C11H20O. The Bertz CT molecular complexity index is 116. The molecule has 0 aromatic heterocycles. The van der Waals surface area contributed by atoms with Gasteiger partial charge in [0.25, 0.3) is 0 Å². The van der Waals surface area contributed by atoms with Gasteiger partial charge in [-0.1, -0.05) is 24.6 Å². The molecule has 0 amide bonds. The summed E-state index contributed by atoms with van der Waals surface area (Å²) in [7, 11) is 0. The largest absolute Gasteiger partial charge is 0.396 e. The van der Waals surface area contributed by atoms with Crippen molar-refractivity contribution in [2.45, 2.75) is 38.5 Å². The van der Waals surface area contributed by atoms with Crippen molar-refractivity contribution < 1.29 is 5.11 Å². The Labute approximate surface area is 75.8 Å². The number of aliphatic hydroxyl groups excluding tert-OH is 1. The normalized spacial score (nSPS) is 10.8. The Morgan fingerprint density at radius 3 is 2.33 bits per heavy atom. The Hall–Kier alpha value is -0.560. The first kappa shape index (κ1) is 11.4. The van der Waals surface area contributed by atoms with E-state index >= 15 is 0 Å². The molecule has 0 saturated heterocycles. The standard InChI is InChI=1S/C11H20O/c1-2-3-4-5-6-7-8-9-10-11-12/h2,5-6,12H,1,3-4,7-11H2/b6-5+. The maximum absolute atomic E-state index is 8.51. The molecule has 0 unspecified atom stereocenters. The van der Waals surface area contributed by atoms with Crippen molar-refractivity contribution in [1.82, 2.24) is 0 Å². The fourth-order valence-electron chi connectivity index (χ4n) is 1.00. The quantitative estimate of drug-likeness (QED) is 0.436. The monoisotopic (exact) mass is 168 g/mol. The van der Waals surface area contributed by atoms with Gasteiger partial charge in [0, 0.05) is 6.61 Å². The van der Waals surface area contributed by atoms with Crippen LogP contribution in [-0.2, 0) is 0 Å². The van der Waals surface area contributed by atoms with Gasteiger partial charge in [0.15, 0.2) is 0 Å². The highest BCUT2D eigenvalue weighted by atomic mass is 16.2. The second-order valence-corrected chi connectivity index (χ2v) is 2.91. The molecule has 0 atom stereocenters. The molecule has 0 heterocycles. The van der Waals surface area contributed by atoms with Crippen molar-refractivity contribution in [3.8, 4) is 0 Å². The summed E-state index contributed by atoms with van der Waals surface area (Å²) in [5.74, 6) is 0. The molecule has 1 nitrogen and oxygen atoms in total. The fraction of sp³-hybridized carbons (Fsp3) is 0.636. The smallest absolute Gasteiger partial charge is 0.0431 e. The average Bonchev–Trinajstić information content (AvgIpc) is 2.10. The molecule has 0 saturated carbocycles. The molecule has 70 valence electrons. The van der Waals surface area contributed by atoms with E-state index in [0.29, 0.717) is 6.61 Å². The number of aliphatic hydroxyl groups is 1. The third-order valence-electron chi connectivity index (χ3n) is 1.73. The van der Waals surface area contributed by atoms with Crippen LogP contribution in [0.5, 0.6) is 0 Å². The van der Waals surface area contributed by atoms with Crippen LogP contribution in [0.1, 0.15) is 38.5 Å². The highest BCUT2D eigenvalue weighted by molar-refractivity contribution is 4.84. The van der Waals surface area contributed by atoms with Gasteiger partial charge in [0.2, 0.25) is 0 Å². The van der Waals surface area contributed by atoms with Crippen molar-refractivity contribution in [1.29, 1.82) is 0 Å². The summed E-state index contributed by atoms with van der Waals surface area (Å²) in [6.07, 6.45) is 13.0. The van der Waals surface area contributed by atoms with Gasteiger partial charge in [-0.15, -0.1) is 6.58 Å². The van der Waals surface area contributed by atoms with Crippen LogP contribution in [0.4, 0.5) is 0 Å². The molecular weight excluding hydrogens is 148 g/mol. The van der Waals surface area contributed by atoms with E-state index in [9.17, 15) is 0 Å². The predicted octanol–water partition coefficient (Wildman–Crippen LogP) is 3.06. The van der Waals surface area contributed by atoms with E-state index in [2.05, 4.69) is 18.7 Å². The van der Waals surface area contributed by atoms with Crippen LogP contribution in [0.3, 0.4) is 0 Å². The summed E-state index contributed by atoms with van der Waals surface area (Å²) < 4.78 is 0. The fourth-order valence-corrected chi connectivity index (χ4v) is 1.00. The third kappa shape index (κ3) is 9.44. The average molecular weight is 168 g/mol. The van der Waals surface area contributed by atoms with E-state index in [4.69, 9.17) is 5.11 Å². The lowest BCUT2D eigenvalue weighted by Gasteiger charge is -1.93. The zero-order valence-electron chi connectivity index (χ0n) is 7.84. The zero-order chi connectivity index (χ0) is 9.07. The first-order chi connectivity index (χ1) is 5.91. The van der Waals surface area contributed by atoms with Gasteiger partial charge < -0.3 is 5.11 Å². The molecule has 0 aromatic rings. The van der Waals surface area contributed by atoms with E-state index in [-0.39, 0.29) is 0 Å². The van der Waals surface area contributed by atoms with Gasteiger partial charge in [-0.05, 0) is 32.1 Å². The molecule has 0 aliphatic heterocycles. The SMILES string of the molecule is C=CCC/C=C/CCCCCO. The molecule has 0 bridgehead atoms. The second kappa shape index (κ2) is 10.4. The number of hydrogen-bond acceptors (Lipinski definition) is 1. The van der Waals surface area contributed by atoms with Crippen LogP contribution in [0.25, 0.3) is 0 Å². The summed E-state index contributed by atoms with van der Waals surface area (Å²) in [4.78, 5) is 0. The number of unbranched alkanes of at least 4 members (excludes halogenated alkanes) is 4. The minimum absolute atomic E-state index is 0.334. The Balaban J connectivity index is 2.97. The van der Waals surface area contributed by atoms with Crippen LogP contribution < -0.4 is 0 Å². The lowest BCUT2D eigenvalue weighted by molar-refractivity contribution is 0.283. The van der Waals surface area contributed by atoms with Gasteiger partial charge in [-0.25, -0.2) is 0 Å². The summed E-state index contributed by atoms with van der Waals surface area (Å²) in [5.41, 5.74) is 0. The molecule has 0 aliphatic carbocycles. The number of hydrogen-bond donors (Lipinski definition) is 1. The number of rotatable bonds is 8. The molecule has 1 N–H and O–H groups in total. The van der Waals surface area contributed by atoms with E-state index < -0.39 is 0 Å². The number of allylic oxidation sites excluding steroid dienone is 3. The first-order valence-electron chi connectivity index (χ1n) is 4.78. The lowest BCUT2D eigenvalue weighted by atomic mass is 10.2. The summed E-state index contributed by atoms with van der Waals surface area (Å²) in [5, 5.41) is 8.51. The maximum Gasteiger partial charge on any atom is 0.0431 e. The van der Waals surface area contributed by atoms with Crippen LogP contribution in [0, 0.1) is 0 Å². The van der Waals surface area contributed by atoms with Crippen LogP contribution in [0.2, 0.25) is 0 Å². The maximum atomic E-state index is 8.51. The first-order valence-corrected chi connectivity index (χ1v) is 4.78. The van der Waals surface area contributed by atoms with Crippen molar-refractivity contribution >= 4 is 0 Å². The molecule has 0 fully saturated rings. The zero-order valence-corrected chi connectivity index (χ0v) is 7.84. The molecule has 0 aromatic carbocycles. The topological polar surface area (TPSA) is 20.2 Å². The van der Waals surface area contributed by atoms with Gasteiger partial charge in [-0.2, -0.15) is 0 Å². The van der Waals surface area contributed by atoms with Crippen molar-refractivity contribution in [3.05, 3.63) is 24.8 Å². The van der Waals surface area contributed by atoms with Crippen molar-refractivity contribution in [2.24, 2.45) is 0 Å². The Morgan fingerprint density at radius 2 is 1.67 bits per heavy atom. The van der Waals surface area contributed by atoms with Crippen LogP contribution in [-0.4, -0.2) is 11.7 Å². The van der Waals surface area contributed by atoms with Gasteiger partial charge in [-0.3, -0.25) is 0 Å². The third-order valence-corrected chi connectivity index (χ3v) is 1.73. The molecule has 0 aliphatic rings. The van der Waals surface area contributed by atoms with Gasteiger partial charge in [0.05, 0.1) is 0 Å². The summed E-state index contributed by atoms with van der Waals surface area (Å²) >= 11 is 0. The van der Waals surface area contributed by atoms with Crippen molar-refractivity contribution in [3.63, 3.8) is 0 Å². The highest BCUT2D eigenvalue weighted by Gasteiger charge is 1.84. The van der Waals surface area contributed by atoms with Crippen LogP contribution >= 0.6 is 0 Å². The Morgan fingerprint density at radius 1 is 0.917 bits per heavy atom. The van der Waals surface area contributed by atoms with Crippen molar-refractivity contribution in [2.75, 3.05) is 6.61 Å². The minimum atomic E-state index is 0.334. The van der Waals surface area contributed by atoms with Gasteiger partial charge in [0.1, 0.15) is 0 Å². The van der Waals surface area contributed by atoms with E-state index in [1.807, 2.05) is 6.08 Å². The van der Waals surface area contributed by atoms with Crippen LogP contribution in [0.15, 0.2) is 24.8 Å². The van der Waals surface area contributed by atoms with E-state index in [0.717, 1.165) is 32.1 Å². The molecule has 0 rings (SSSR count). The Kier molecular flexibility index (Phi) is 9.95. The second-order valence-electron chi connectivity index (χ2n) is 2.91. The minimum Gasteiger partial charge on any atom is -0.396 e. The van der Waals surface area contributed by atoms with E-state index in [1.54, 1.807) is 0 Å². The molecule has 0 radical (unpaired) electrons. The summed E-state index contributed by atoms with van der Waals surface area (Å²) in [6.45, 7) is 3.99. The van der Waals surface area contributed by atoms with Gasteiger partial charge >= 0.3 is 0 Å². The highest BCUT2D eigenvalue weighted by Crippen LogP contribution is 2.01. The predicted molar refractivity (Wildman–Crippen MR) is 54.1 cm³/mol. The molecule has 0 spiro atoms. The molecule has 1 heteroatoms. The van der Waals surface area contributed by atoms with E-state index in [1.165, 1.54) is 6.42 Å². The summed E-state index contributed by atoms with van der Waals surface area (Å²) in [6, 6.07) is 0. The lowest BCUT2D eigenvalue weighted by Crippen LogP contribution is -1.81. The molecule has 12 heavy (non-hydrogen) atoms.